The number of carbonyl (C=O) groups is 1. The molecule has 2 heterocycles. The Morgan fingerprint density at radius 1 is 1.15 bits per heavy atom. The Labute approximate surface area is 157 Å². The van der Waals surface area contributed by atoms with Crippen LogP contribution in [0.2, 0.25) is 0 Å². The number of rotatable bonds is 6. The number of hydrazine groups is 1. The lowest BCUT2D eigenvalue weighted by atomic mass is 10.2. The Balaban J connectivity index is 1.82. The number of aromatic nitrogens is 3. The molecule has 8 heteroatoms. The van der Waals surface area contributed by atoms with Crippen LogP contribution in [0.1, 0.15) is 23.0 Å². The van der Waals surface area contributed by atoms with E-state index in [1.807, 2.05) is 36.9 Å². The number of carbonyl (C=O) groups excluding carboxylic acids is 1. The largest absolute Gasteiger partial charge is 0.393 e. The number of pyridine rings is 1. The summed E-state index contributed by atoms with van der Waals surface area (Å²) in [5, 5.41) is 0. The lowest BCUT2D eigenvalue weighted by molar-refractivity contribution is 0.0957. The number of aryl methyl sites for hydroxylation is 1. The van der Waals surface area contributed by atoms with Crippen LogP contribution in [0.4, 0.5) is 23.0 Å². The maximum Gasteiger partial charge on any atom is 0.288 e. The summed E-state index contributed by atoms with van der Waals surface area (Å²) in [5.74, 6) is 0.490. The molecule has 3 aromatic rings. The van der Waals surface area contributed by atoms with Crippen LogP contribution in [0.3, 0.4) is 0 Å². The van der Waals surface area contributed by atoms with Crippen molar-refractivity contribution >= 4 is 28.9 Å². The van der Waals surface area contributed by atoms with Crippen LogP contribution in [0.5, 0.6) is 0 Å². The molecule has 0 aliphatic heterocycles. The zero-order valence-electron chi connectivity index (χ0n) is 15.2. The molecule has 0 atom stereocenters. The molecule has 0 saturated carbocycles. The molecular weight excluding hydrogens is 342 g/mol. The highest BCUT2D eigenvalue weighted by Gasteiger charge is 2.16. The Hall–Kier alpha value is -3.68. The van der Waals surface area contributed by atoms with E-state index in [0.29, 0.717) is 23.9 Å². The van der Waals surface area contributed by atoms with Gasteiger partial charge in [-0.05, 0) is 43.7 Å². The number of anilines is 4. The molecule has 0 radical (unpaired) electrons. The standard InChI is InChI=1S/C19H21N7O/c1-3-26(14-8-6-7-13(2)11-14)18-16(20)17(22-12-23-18)24-25-19(27)15-9-4-5-10-21-15/h4-12H,3,20H2,1-2H3,(H,25,27)(H,22,23,24). The number of nitrogens with zero attached hydrogens (tertiary/aromatic N) is 4. The van der Waals surface area contributed by atoms with E-state index in [1.165, 1.54) is 6.33 Å². The molecule has 2 aromatic heterocycles. The Morgan fingerprint density at radius 3 is 2.70 bits per heavy atom. The fourth-order valence-electron chi connectivity index (χ4n) is 2.63. The molecule has 0 bridgehead atoms. The molecule has 0 fully saturated rings. The van der Waals surface area contributed by atoms with E-state index in [0.717, 1.165) is 11.3 Å². The summed E-state index contributed by atoms with van der Waals surface area (Å²) in [4.78, 5) is 26.6. The average Bonchev–Trinajstić information content (AvgIpc) is 2.69. The first kappa shape index (κ1) is 18.1. The van der Waals surface area contributed by atoms with Gasteiger partial charge in [0, 0.05) is 18.4 Å². The second-order valence-electron chi connectivity index (χ2n) is 5.84. The maximum atomic E-state index is 12.1. The predicted octanol–water partition coefficient (Wildman–Crippen LogP) is 2.68. The summed E-state index contributed by atoms with van der Waals surface area (Å²) < 4.78 is 0. The molecule has 138 valence electrons. The summed E-state index contributed by atoms with van der Waals surface area (Å²) in [6.07, 6.45) is 2.95. The highest BCUT2D eigenvalue weighted by atomic mass is 16.2. The van der Waals surface area contributed by atoms with Gasteiger partial charge >= 0.3 is 0 Å². The monoisotopic (exact) mass is 363 g/mol. The van der Waals surface area contributed by atoms with Crippen molar-refractivity contribution in [1.29, 1.82) is 0 Å². The first-order valence-corrected chi connectivity index (χ1v) is 8.52. The first-order chi connectivity index (χ1) is 13.1. The third-order valence-electron chi connectivity index (χ3n) is 3.94. The summed E-state index contributed by atoms with van der Waals surface area (Å²) in [6, 6.07) is 13.2. The highest BCUT2D eigenvalue weighted by Crippen LogP contribution is 2.31. The fourth-order valence-corrected chi connectivity index (χ4v) is 2.63. The van der Waals surface area contributed by atoms with Gasteiger partial charge in [0.05, 0.1) is 0 Å². The molecule has 0 saturated heterocycles. The van der Waals surface area contributed by atoms with E-state index in [1.54, 1.807) is 24.4 Å². The third kappa shape index (κ3) is 4.12. The number of benzene rings is 1. The van der Waals surface area contributed by atoms with Gasteiger partial charge < -0.3 is 10.6 Å². The van der Waals surface area contributed by atoms with Crippen molar-refractivity contribution < 1.29 is 4.79 Å². The van der Waals surface area contributed by atoms with Crippen LogP contribution < -0.4 is 21.5 Å². The number of amides is 1. The van der Waals surface area contributed by atoms with Gasteiger partial charge in [0.25, 0.3) is 5.91 Å². The number of nitrogens with one attached hydrogen (secondary N) is 2. The van der Waals surface area contributed by atoms with Crippen LogP contribution in [0.25, 0.3) is 0 Å². The van der Waals surface area contributed by atoms with Crippen LogP contribution >= 0.6 is 0 Å². The van der Waals surface area contributed by atoms with Gasteiger partial charge in [-0.25, -0.2) is 9.97 Å². The minimum absolute atomic E-state index is 0.285. The zero-order chi connectivity index (χ0) is 19.2. The lowest BCUT2D eigenvalue weighted by Crippen LogP contribution is -2.31. The zero-order valence-corrected chi connectivity index (χ0v) is 15.2. The van der Waals surface area contributed by atoms with E-state index in [-0.39, 0.29) is 11.6 Å². The molecular formula is C19H21N7O. The molecule has 3 rings (SSSR count). The second kappa shape index (κ2) is 8.13. The van der Waals surface area contributed by atoms with Gasteiger partial charge in [0.1, 0.15) is 17.7 Å². The molecule has 1 amide bonds. The van der Waals surface area contributed by atoms with Gasteiger partial charge in [0.2, 0.25) is 0 Å². The molecule has 4 N–H and O–H groups in total. The van der Waals surface area contributed by atoms with Crippen molar-refractivity contribution in [2.75, 3.05) is 22.6 Å². The topological polar surface area (TPSA) is 109 Å². The number of hydrogen-bond acceptors (Lipinski definition) is 7. The predicted molar refractivity (Wildman–Crippen MR) is 106 cm³/mol. The fraction of sp³-hybridized carbons (Fsp3) is 0.158. The summed E-state index contributed by atoms with van der Waals surface area (Å²) >= 11 is 0. The van der Waals surface area contributed by atoms with Crippen molar-refractivity contribution in [3.05, 3.63) is 66.2 Å². The molecule has 0 unspecified atom stereocenters. The lowest BCUT2D eigenvalue weighted by Gasteiger charge is -2.24. The van der Waals surface area contributed by atoms with E-state index in [2.05, 4.69) is 31.9 Å². The third-order valence-corrected chi connectivity index (χ3v) is 3.94. The molecule has 27 heavy (non-hydrogen) atoms. The van der Waals surface area contributed by atoms with Crippen molar-refractivity contribution in [3.63, 3.8) is 0 Å². The van der Waals surface area contributed by atoms with Gasteiger partial charge in [-0.2, -0.15) is 0 Å². The first-order valence-electron chi connectivity index (χ1n) is 8.52. The molecule has 1 aromatic carbocycles. The van der Waals surface area contributed by atoms with Crippen LogP contribution in [-0.2, 0) is 0 Å². The molecule has 8 nitrogen and oxygen atoms in total. The van der Waals surface area contributed by atoms with E-state index < -0.39 is 0 Å². The highest BCUT2D eigenvalue weighted by molar-refractivity contribution is 5.93. The van der Waals surface area contributed by atoms with Gasteiger partial charge in [-0.1, -0.05) is 18.2 Å². The van der Waals surface area contributed by atoms with Crippen molar-refractivity contribution in [1.82, 2.24) is 20.4 Å². The Kier molecular flexibility index (Phi) is 5.46. The number of nitrogen functional groups attached to an aromatic ring is 1. The summed E-state index contributed by atoms with van der Waals surface area (Å²) in [6.45, 7) is 4.71. The van der Waals surface area contributed by atoms with Crippen LogP contribution in [0.15, 0.2) is 55.0 Å². The molecule has 0 spiro atoms. The Bertz CT molecular complexity index is 930. The van der Waals surface area contributed by atoms with E-state index in [9.17, 15) is 4.79 Å². The number of nitrogens with two attached hydrogens (primary N) is 1. The molecule has 0 aliphatic carbocycles. The van der Waals surface area contributed by atoms with E-state index >= 15 is 0 Å². The normalized spacial score (nSPS) is 10.3. The van der Waals surface area contributed by atoms with Gasteiger partial charge in [-0.3, -0.25) is 20.6 Å². The molecule has 0 aliphatic rings. The van der Waals surface area contributed by atoms with Crippen molar-refractivity contribution in [2.24, 2.45) is 0 Å². The van der Waals surface area contributed by atoms with Crippen molar-refractivity contribution in [3.8, 4) is 0 Å². The van der Waals surface area contributed by atoms with Crippen LogP contribution in [-0.4, -0.2) is 27.4 Å². The number of hydrogen-bond donors (Lipinski definition) is 3. The van der Waals surface area contributed by atoms with E-state index in [4.69, 9.17) is 5.73 Å². The smallest absolute Gasteiger partial charge is 0.288 e. The van der Waals surface area contributed by atoms with Gasteiger partial charge in [0.15, 0.2) is 11.6 Å². The van der Waals surface area contributed by atoms with Crippen molar-refractivity contribution in [2.45, 2.75) is 13.8 Å². The second-order valence-corrected chi connectivity index (χ2v) is 5.84. The average molecular weight is 363 g/mol. The minimum Gasteiger partial charge on any atom is -0.393 e. The quantitative estimate of drug-likeness (QED) is 0.578. The summed E-state index contributed by atoms with van der Waals surface area (Å²) in [7, 11) is 0. The SMILES string of the molecule is CCN(c1cccc(C)c1)c1ncnc(NNC(=O)c2ccccn2)c1N. The maximum absolute atomic E-state index is 12.1. The van der Waals surface area contributed by atoms with Crippen LogP contribution in [0, 0.1) is 6.92 Å². The minimum atomic E-state index is -0.388. The Morgan fingerprint density at radius 2 is 2.00 bits per heavy atom. The van der Waals surface area contributed by atoms with Gasteiger partial charge in [-0.15, -0.1) is 0 Å². The summed E-state index contributed by atoms with van der Waals surface area (Å²) in [5.41, 5.74) is 14.3.